The van der Waals surface area contributed by atoms with Gasteiger partial charge in [-0.3, -0.25) is 0 Å². The fourth-order valence-corrected chi connectivity index (χ4v) is 3.17. The van der Waals surface area contributed by atoms with E-state index in [0.29, 0.717) is 11.3 Å². The van der Waals surface area contributed by atoms with Crippen LogP contribution in [0.5, 0.6) is 5.75 Å². The maximum Gasteiger partial charge on any atom is 0.343 e. The minimum atomic E-state index is -0.288. The second-order valence-electron chi connectivity index (χ2n) is 5.82. The highest BCUT2D eigenvalue weighted by atomic mass is 16.5. The summed E-state index contributed by atoms with van der Waals surface area (Å²) in [5, 5.41) is 0. The predicted octanol–water partition coefficient (Wildman–Crippen LogP) is 4.79. The van der Waals surface area contributed by atoms with Gasteiger partial charge in [-0.25, -0.2) is 4.79 Å². The zero-order chi connectivity index (χ0) is 15.8. The van der Waals surface area contributed by atoms with Crippen LogP contribution in [0.1, 0.15) is 27.0 Å². The second kappa shape index (κ2) is 5.40. The number of carbonyl (C=O) groups excluding carboxylic acids is 1. The van der Waals surface area contributed by atoms with E-state index in [9.17, 15) is 4.79 Å². The zero-order valence-electron chi connectivity index (χ0n) is 12.9. The average molecular weight is 300 g/mol. The molecule has 0 bridgehead atoms. The molecule has 2 nitrogen and oxygen atoms in total. The highest BCUT2D eigenvalue weighted by Gasteiger charge is 2.24. The summed E-state index contributed by atoms with van der Waals surface area (Å²) >= 11 is 0. The van der Waals surface area contributed by atoms with Crippen molar-refractivity contribution in [3.8, 4) is 16.9 Å². The summed E-state index contributed by atoms with van der Waals surface area (Å²) < 4.78 is 5.62. The van der Waals surface area contributed by atoms with Crippen LogP contribution in [0, 0.1) is 6.92 Å². The van der Waals surface area contributed by atoms with Crippen LogP contribution < -0.4 is 4.74 Å². The first-order valence-corrected chi connectivity index (χ1v) is 7.72. The molecule has 112 valence electrons. The van der Waals surface area contributed by atoms with Crippen molar-refractivity contribution in [2.75, 3.05) is 0 Å². The molecule has 0 saturated heterocycles. The Kier molecular flexibility index (Phi) is 3.23. The maximum absolute atomic E-state index is 12.7. The Hall–Kier alpha value is -2.87. The van der Waals surface area contributed by atoms with Crippen molar-refractivity contribution in [3.05, 3.63) is 89.0 Å². The summed E-state index contributed by atoms with van der Waals surface area (Å²) in [7, 11) is 0. The first-order chi connectivity index (χ1) is 11.2. The summed E-state index contributed by atoms with van der Waals surface area (Å²) in [6.45, 7) is 1.94. The zero-order valence-corrected chi connectivity index (χ0v) is 12.9. The van der Waals surface area contributed by atoms with E-state index in [1.807, 2.05) is 55.5 Å². The van der Waals surface area contributed by atoms with Gasteiger partial charge in [-0.1, -0.05) is 54.6 Å². The number of fused-ring (bicyclic) bond motifs is 3. The maximum atomic E-state index is 12.7. The molecule has 2 heteroatoms. The lowest BCUT2D eigenvalue weighted by Crippen LogP contribution is -2.11. The number of hydrogen-bond donors (Lipinski definition) is 0. The molecule has 0 amide bonds. The molecule has 4 rings (SSSR count). The summed E-state index contributed by atoms with van der Waals surface area (Å²) in [5.74, 6) is 0.328. The van der Waals surface area contributed by atoms with Gasteiger partial charge in [-0.15, -0.1) is 0 Å². The first kappa shape index (κ1) is 13.8. The van der Waals surface area contributed by atoms with E-state index in [4.69, 9.17) is 4.74 Å². The van der Waals surface area contributed by atoms with Crippen molar-refractivity contribution >= 4 is 5.97 Å². The molecule has 1 aliphatic carbocycles. The van der Waals surface area contributed by atoms with Crippen molar-refractivity contribution < 1.29 is 9.53 Å². The molecular weight excluding hydrogens is 284 g/mol. The Bertz CT molecular complexity index is 909. The normalized spacial score (nSPS) is 11.7. The van der Waals surface area contributed by atoms with Crippen LogP contribution in [0.25, 0.3) is 11.1 Å². The number of para-hydroxylation sites is 1. The molecule has 3 aromatic carbocycles. The van der Waals surface area contributed by atoms with Crippen molar-refractivity contribution in [3.63, 3.8) is 0 Å². The van der Waals surface area contributed by atoms with Gasteiger partial charge in [0.15, 0.2) is 0 Å². The quantitative estimate of drug-likeness (QED) is 0.393. The largest absolute Gasteiger partial charge is 0.423 e. The molecule has 0 atom stereocenters. The van der Waals surface area contributed by atoms with E-state index < -0.39 is 0 Å². The lowest BCUT2D eigenvalue weighted by Gasteiger charge is -2.10. The summed E-state index contributed by atoms with van der Waals surface area (Å²) in [5.41, 5.74) is 6.29. The minimum Gasteiger partial charge on any atom is -0.423 e. The monoisotopic (exact) mass is 300 g/mol. The number of benzene rings is 3. The number of aryl methyl sites for hydroxylation is 1. The minimum absolute atomic E-state index is 0.288. The molecule has 0 aromatic heterocycles. The van der Waals surface area contributed by atoms with Gasteiger partial charge in [0.2, 0.25) is 0 Å². The van der Waals surface area contributed by atoms with Crippen LogP contribution in [0.4, 0.5) is 0 Å². The Morgan fingerprint density at radius 3 is 2.48 bits per heavy atom. The Morgan fingerprint density at radius 1 is 0.870 bits per heavy atom. The third-order valence-corrected chi connectivity index (χ3v) is 4.37. The second-order valence-corrected chi connectivity index (χ2v) is 5.82. The number of esters is 1. The molecule has 3 aromatic rings. The highest BCUT2D eigenvalue weighted by Crippen LogP contribution is 2.38. The molecule has 0 saturated carbocycles. The van der Waals surface area contributed by atoms with E-state index in [0.717, 1.165) is 23.1 Å². The van der Waals surface area contributed by atoms with Crippen LogP contribution in [0.2, 0.25) is 0 Å². The number of rotatable bonds is 2. The van der Waals surface area contributed by atoms with Gasteiger partial charge in [-0.05, 0) is 53.3 Å². The molecule has 0 aliphatic heterocycles. The topological polar surface area (TPSA) is 26.3 Å². The molecule has 0 spiro atoms. The van der Waals surface area contributed by atoms with Gasteiger partial charge in [0.1, 0.15) is 5.75 Å². The van der Waals surface area contributed by atoms with E-state index in [1.165, 1.54) is 11.1 Å². The predicted molar refractivity (Wildman–Crippen MR) is 90.8 cm³/mol. The van der Waals surface area contributed by atoms with Crippen LogP contribution >= 0.6 is 0 Å². The van der Waals surface area contributed by atoms with E-state index in [1.54, 1.807) is 0 Å². The molecular formula is C21H16O2. The van der Waals surface area contributed by atoms with Crippen molar-refractivity contribution in [1.82, 2.24) is 0 Å². The van der Waals surface area contributed by atoms with E-state index in [2.05, 4.69) is 18.2 Å². The van der Waals surface area contributed by atoms with Crippen molar-refractivity contribution in [1.29, 1.82) is 0 Å². The molecule has 0 radical (unpaired) electrons. The van der Waals surface area contributed by atoms with Crippen LogP contribution in [0.15, 0.2) is 66.7 Å². The first-order valence-electron chi connectivity index (χ1n) is 7.72. The highest BCUT2D eigenvalue weighted by molar-refractivity contribution is 5.96. The van der Waals surface area contributed by atoms with Crippen LogP contribution in [-0.2, 0) is 6.42 Å². The smallest absolute Gasteiger partial charge is 0.343 e. The number of ether oxygens (including phenoxy) is 1. The lowest BCUT2D eigenvalue weighted by atomic mass is 10.0. The van der Waals surface area contributed by atoms with Crippen molar-refractivity contribution in [2.24, 2.45) is 0 Å². The van der Waals surface area contributed by atoms with Crippen LogP contribution in [-0.4, -0.2) is 5.97 Å². The van der Waals surface area contributed by atoms with Gasteiger partial charge in [0, 0.05) is 0 Å². The van der Waals surface area contributed by atoms with Gasteiger partial charge >= 0.3 is 5.97 Å². The Morgan fingerprint density at radius 2 is 1.61 bits per heavy atom. The summed E-state index contributed by atoms with van der Waals surface area (Å²) in [6, 6.07) is 21.7. The van der Waals surface area contributed by atoms with Gasteiger partial charge in [-0.2, -0.15) is 0 Å². The standard InChI is InChI=1S/C21H16O2/c1-14-7-2-5-12-20(14)23-21(22)18-11-6-10-17-16-9-4-3-8-15(16)13-19(17)18/h2-12H,13H2,1H3. The Balaban J connectivity index is 1.72. The van der Waals surface area contributed by atoms with Gasteiger partial charge < -0.3 is 4.74 Å². The van der Waals surface area contributed by atoms with E-state index >= 15 is 0 Å². The summed E-state index contributed by atoms with van der Waals surface area (Å²) in [6.07, 6.45) is 0.782. The third kappa shape index (κ3) is 2.33. The van der Waals surface area contributed by atoms with Crippen LogP contribution in [0.3, 0.4) is 0 Å². The SMILES string of the molecule is Cc1ccccc1OC(=O)c1cccc2c1Cc1ccccc1-2. The fourth-order valence-electron chi connectivity index (χ4n) is 3.17. The molecule has 23 heavy (non-hydrogen) atoms. The van der Waals surface area contributed by atoms with Gasteiger partial charge in [0.05, 0.1) is 5.56 Å². The molecule has 0 unspecified atom stereocenters. The fraction of sp³-hybridized carbons (Fsp3) is 0.0952. The third-order valence-electron chi connectivity index (χ3n) is 4.37. The van der Waals surface area contributed by atoms with Gasteiger partial charge in [0.25, 0.3) is 0 Å². The molecule has 0 fully saturated rings. The molecule has 0 heterocycles. The lowest BCUT2D eigenvalue weighted by molar-refractivity contribution is 0.0732. The average Bonchev–Trinajstić information content (AvgIpc) is 2.95. The Labute approximate surface area is 135 Å². The van der Waals surface area contributed by atoms with Crippen molar-refractivity contribution in [2.45, 2.75) is 13.3 Å². The van der Waals surface area contributed by atoms with E-state index in [-0.39, 0.29) is 5.97 Å². The molecule has 0 N–H and O–H groups in total. The number of hydrogen-bond acceptors (Lipinski definition) is 2. The summed E-state index contributed by atoms with van der Waals surface area (Å²) in [4.78, 5) is 12.7. The number of carbonyl (C=O) groups is 1. The molecule has 1 aliphatic rings.